The van der Waals surface area contributed by atoms with Gasteiger partial charge in [0, 0.05) is 25.2 Å². The van der Waals surface area contributed by atoms with Gasteiger partial charge < -0.3 is 4.90 Å². The number of nitriles is 1. The van der Waals surface area contributed by atoms with E-state index in [1.807, 2.05) is 12.1 Å². The number of nitrogens with zero attached hydrogens (tertiary/aromatic N) is 2. The lowest BCUT2D eigenvalue weighted by Gasteiger charge is -2.17. The van der Waals surface area contributed by atoms with Crippen molar-refractivity contribution in [1.29, 1.82) is 5.26 Å². The van der Waals surface area contributed by atoms with Crippen molar-refractivity contribution in [3.63, 3.8) is 0 Å². The first-order valence-corrected chi connectivity index (χ1v) is 9.74. The van der Waals surface area contributed by atoms with Crippen molar-refractivity contribution in [3.05, 3.63) is 65.2 Å². The van der Waals surface area contributed by atoms with Gasteiger partial charge in [-0.1, -0.05) is 12.1 Å². The molecule has 6 nitrogen and oxygen atoms in total. The molecule has 1 saturated carbocycles. The third-order valence-electron chi connectivity index (χ3n) is 4.16. The summed E-state index contributed by atoms with van der Waals surface area (Å²) in [5, 5.41) is 8.82. The van der Waals surface area contributed by atoms with Crippen LogP contribution in [0.2, 0.25) is 0 Å². The standard InChI is InChI=1S/C19H19N3O3S/c1-22(13-15-4-2-14(12-20)3-5-15)19(23)16-6-10-18(11-7-16)26(24,25)21-17-8-9-17/h2-7,10-11,17,21H,8-9,13H2,1H3. The van der Waals surface area contributed by atoms with Crippen LogP contribution in [0.1, 0.15) is 34.3 Å². The van der Waals surface area contributed by atoms with Gasteiger partial charge in [-0.3, -0.25) is 4.79 Å². The molecular formula is C19H19N3O3S. The van der Waals surface area contributed by atoms with E-state index in [-0.39, 0.29) is 16.8 Å². The summed E-state index contributed by atoms with van der Waals surface area (Å²) >= 11 is 0. The van der Waals surface area contributed by atoms with Gasteiger partial charge in [0.15, 0.2) is 0 Å². The van der Waals surface area contributed by atoms with Crippen molar-refractivity contribution in [1.82, 2.24) is 9.62 Å². The van der Waals surface area contributed by atoms with E-state index < -0.39 is 10.0 Å². The molecule has 3 rings (SSSR count). The maximum atomic E-state index is 12.5. The Bertz CT molecular complexity index is 941. The van der Waals surface area contributed by atoms with Crippen LogP contribution in [0.5, 0.6) is 0 Å². The van der Waals surface area contributed by atoms with E-state index in [0.29, 0.717) is 17.7 Å². The summed E-state index contributed by atoms with van der Waals surface area (Å²) < 4.78 is 26.9. The second-order valence-corrected chi connectivity index (χ2v) is 8.10. The topological polar surface area (TPSA) is 90.3 Å². The summed E-state index contributed by atoms with van der Waals surface area (Å²) in [6.45, 7) is 0.397. The van der Waals surface area contributed by atoms with Crippen LogP contribution in [0.3, 0.4) is 0 Å². The molecule has 2 aromatic rings. The van der Waals surface area contributed by atoms with Crippen LogP contribution in [-0.4, -0.2) is 32.3 Å². The SMILES string of the molecule is CN(Cc1ccc(C#N)cc1)C(=O)c1ccc(S(=O)(=O)NC2CC2)cc1. The Morgan fingerprint density at radius 3 is 2.31 bits per heavy atom. The lowest BCUT2D eigenvalue weighted by molar-refractivity contribution is 0.0785. The zero-order valence-electron chi connectivity index (χ0n) is 14.3. The normalized spacial score (nSPS) is 13.8. The van der Waals surface area contributed by atoms with Crippen LogP contribution in [0.25, 0.3) is 0 Å². The summed E-state index contributed by atoms with van der Waals surface area (Å²) in [6.07, 6.45) is 1.74. The fourth-order valence-electron chi connectivity index (χ4n) is 2.52. The molecule has 0 unspecified atom stereocenters. The number of hydrogen-bond acceptors (Lipinski definition) is 4. The first-order chi connectivity index (χ1) is 12.4. The number of sulfonamides is 1. The highest BCUT2D eigenvalue weighted by Crippen LogP contribution is 2.22. The number of rotatable bonds is 6. The maximum Gasteiger partial charge on any atom is 0.253 e. The Morgan fingerprint density at radius 2 is 1.77 bits per heavy atom. The summed E-state index contributed by atoms with van der Waals surface area (Å²) in [6, 6.07) is 15.1. The molecule has 0 aromatic heterocycles. The minimum Gasteiger partial charge on any atom is -0.337 e. The van der Waals surface area contributed by atoms with E-state index in [4.69, 9.17) is 5.26 Å². The van der Waals surface area contributed by atoms with E-state index in [1.54, 1.807) is 24.1 Å². The predicted molar refractivity (Wildman–Crippen MR) is 96.7 cm³/mol. The Kier molecular flexibility index (Phi) is 5.07. The van der Waals surface area contributed by atoms with Crippen molar-refractivity contribution >= 4 is 15.9 Å². The third-order valence-corrected chi connectivity index (χ3v) is 5.70. The Hall–Kier alpha value is -2.69. The lowest BCUT2D eigenvalue weighted by Crippen LogP contribution is -2.27. The van der Waals surface area contributed by atoms with Gasteiger partial charge in [-0.2, -0.15) is 5.26 Å². The largest absolute Gasteiger partial charge is 0.337 e. The van der Waals surface area contributed by atoms with Crippen molar-refractivity contribution in [2.45, 2.75) is 30.3 Å². The molecule has 1 aliphatic rings. The highest BCUT2D eigenvalue weighted by Gasteiger charge is 2.28. The van der Waals surface area contributed by atoms with Gasteiger partial charge in [0.2, 0.25) is 10.0 Å². The van der Waals surface area contributed by atoms with Crippen molar-refractivity contribution in [3.8, 4) is 6.07 Å². The van der Waals surface area contributed by atoms with Crippen LogP contribution < -0.4 is 4.72 Å². The number of hydrogen-bond donors (Lipinski definition) is 1. The van der Waals surface area contributed by atoms with Crippen LogP contribution >= 0.6 is 0 Å². The highest BCUT2D eigenvalue weighted by molar-refractivity contribution is 7.89. The molecule has 1 amide bonds. The van der Waals surface area contributed by atoms with Crippen molar-refractivity contribution in [2.75, 3.05) is 7.05 Å². The molecule has 0 bridgehead atoms. The Morgan fingerprint density at radius 1 is 1.15 bits per heavy atom. The average molecular weight is 369 g/mol. The van der Waals surface area contributed by atoms with Gasteiger partial charge in [-0.15, -0.1) is 0 Å². The van der Waals surface area contributed by atoms with Crippen LogP contribution in [0.4, 0.5) is 0 Å². The molecule has 26 heavy (non-hydrogen) atoms. The zero-order valence-corrected chi connectivity index (χ0v) is 15.2. The van der Waals surface area contributed by atoms with E-state index in [1.165, 1.54) is 24.3 Å². The van der Waals surface area contributed by atoms with Gasteiger partial charge >= 0.3 is 0 Å². The minimum atomic E-state index is -3.52. The molecule has 0 saturated heterocycles. The smallest absolute Gasteiger partial charge is 0.253 e. The minimum absolute atomic E-state index is 0.0415. The number of carbonyl (C=O) groups is 1. The highest BCUT2D eigenvalue weighted by atomic mass is 32.2. The van der Waals surface area contributed by atoms with Crippen LogP contribution in [-0.2, 0) is 16.6 Å². The first-order valence-electron chi connectivity index (χ1n) is 8.26. The molecule has 0 aliphatic heterocycles. The second-order valence-electron chi connectivity index (χ2n) is 6.39. The number of nitrogens with one attached hydrogen (secondary N) is 1. The van der Waals surface area contributed by atoms with Crippen molar-refractivity contribution in [2.24, 2.45) is 0 Å². The fraction of sp³-hybridized carbons (Fsp3) is 0.263. The third kappa shape index (κ3) is 4.28. The quantitative estimate of drug-likeness (QED) is 0.846. The van der Waals surface area contributed by atoms with Crippen LogP contribution in [0, 0.1) is 11.3 Å². The summed E-state index contributed by atoms with van der Waals surface area (Å²) in [5.74, 6) is -0.201. The zero-order chi connectivity index (χ0) is 18.7. The number of benzene rings is 2. The molecule has 0 spiro atoms. The van der Waals surface area contributed by atoms with Crippen molar-refractivity contribution < 1.29 is 13.2 Å². The predicted octanol–water partition coefficient (Wildman–Crippen LogP) is 2.27. The molecule has 2 aromatic carbocycles. The molecule has 134 valence electrons. The van der Waals surface area contributed by atoms with E-state index in [9.17, 15) is 13.2 Å². The summed E-state index contributed by atoms with van der Waals surface area (Å²) in [4.78, 5) is 14.2. The maximum absolute atomic E-state index is 12.5. The molecule has 0 heterocycles. The van der Waals surface area contributed by atoms with Gasteiger partial charge in [-0.25, -0.2) is 13.1 Å². The molecular weight excluding hydrogens is 350 g/mol. The van der Waals surface area contributed by atoms with E-state index in [2.05, 4.69) is 10.8 Å². The molecule has 1 aliphatic carbocycles. The molecule has 0 radical (unpaired) electrons. The van der Waals surface area contributed by atoms with Gasteiger partial charge in [-0.05, 0) is 54.8 Å². The summed E-state index contributed by atoms with van der Waals surface area (Å²) in [7, 11) is -1.84. The van der Waals surface area contributed by atoms with Gasteiger partial charge in [0.25, 0.3) is 5.91 Å². The summed E-state index contributed by atoms with van der Waals surface area (Å²) in [5.41, 5.74) is 1.90. The average Bonchev–Trinajstić information content (AvgIpc) is 3.45. The number of carbonyl (C=O) groups excluding carboxylic acids is 1. The van der Waals surface area contributed by atoms with E-state index in [0.717, 1.165) is 18.4 Å². The molecule has 7 heteroatoms. The Labute approximate surface area is 153 Å². The molecule has 1 N–H and O–H groups in total. The lowest BCUT2D eigenvalue weighted by atomic mass is 10.1. The first kappa shape index (κ1) is 18.1. The molecule has 0 atom stereocenters. The fourth-order valence-corrected chi connectivity index (χ4v) is 3.82. The van der Waals surface area contributed by atoms with Crippen LogP contribution in [0.15, 0.2) is 53.4 Å². The molecule has 1 fully saturated rings. The van der Waals surface area contributed by atoms with Gasteiger partial charge in [0.05, 0.1) is 16.5 Å². The van der Waals surface area contributed by atoms with Gasteiger partial charge in [0.1, 0.15) is 0 Å². The number of amides is 1. The Balaban J connectivity index is 1.67. The monoisotopic (exact) mass is 369 g/mol. The van der Waals surface area contributed by atoms with E-state index >= 15 is 0 Å². The second kappa shape index (κ2) is 7.28.